The number of carbonyl (C=O) groups excluding carboxylic acids is 2. The third kappa shape index (κ3) is 51.5. The van der Waals surface area contributed by atoms with Crippen molar-refractivity contribution in [3.05, 3.63) is 36.5 Å². The fourth-order valence-corrected chi connectivity index (χ4v) is 8.86. The SMILES string of the molecule is CCCCCCCC/C=C\CCCCCCCC(=O)OCCCCCC/C=C\CCCCCCCCCC(=O)NC(CO)C(O)/C=C/CCCCCCCCCCCCCCCCCCC. The van der Waals surface area contributed by atoms with Crippen LogP contribution in [0.25, 0.3) is 0 Å². The van der Waals surface area contributed by atoms with Crippen LogP contribution in [0.15, 0.2) is 36.5 Å². The summed E-state index contributed by atoms with van der Waals surface area (Å²) in [6, 6.07) is -0.640. The van der Waals surface area contributed by atoms with E-state index in [9.17, 15) is 19.8 Å². The highest BCUT2D eigenvalue weighted by molar-refractivity contribution is 5.76. The lowest BCUT2D eigenvalue weighted by atomic mass is 10.0. The van der Waals surface area contributed by atoms with Gasteiger partial charge in [0.25, 0.3) is 0 Å². The summed E-state index contributed by atoms with van der Waals surface area (Å²) in [7, 11) is 0. The number of unbranched alkanes of at least 4 members (excludes halogenated alkanes) is 39. The van der Waals surface area contributed by atoms with Gasteiger partial charge in [-0.05, 0) is 83.5 Å². The number of carbonyl (C=O) groups is 2. The zero-order chi connectivity index (χ0) is 47.9. The quantitative estimate of drug-likeness (QED) is 0.0321. The van der Waals surface area contributed by atoms with E-state index in [1.807, 2.05) is 6.08 Å². The van der Waals surface area contributed by atoms with E-state index >= 15 is 0 Å². The second-order valence-electron chi connectivity index (χ2n) is 20.0. The van der Waals surface area contributed by atoms with Gasteiger partial charge in [-0.2, -0.15) is 0 Å². The van der Waals surface area contributed by atoms with Crippen LogP contribution >= 0.6 is 0 Å². The standard InChI is InChI=1S/C60H113NO5/c1-3-5-7-9-11-13-15-17-19-20-21-22-25-28-32-36-40-44-48-52-58(63)57(56-62)61-59(64)53-49-45-41-37-33-29-26-23-27-31-35-39-43-47-51-55-66-60(65)54-50-46-42-38-34-30-24-18-16-14-12-10-8-6-4-2/h18,24,27,31,48,52,57-58,62-63H,3-17,19-23,25-26,28-30,32-47,49-51,53-56H2,1-2H3,(H,61,64)/b24-18-,31-27-,52-48+. The Balaban J connectivity index is 3.51. The topological polar surface area (TPSA) is 95.9 Å². The maximum Gasteiger partial charge on any atom is 0.305 e. The Kier molecular flexibility index (Phi) is 54.1. The molecule has 3 N–H and O–H groups in total. The molecule has 388 valence electrons. The fourth-order valence-electron chi connectivity index (χ4n) is 8.86. The smallest absolute Gasteiger partial charge is 0.305 e. The lowest BCUT2D eigenvalue weighted by Gasteiger charge is -2.20. The molecule has 0 aromatic heterocycles. The Morgan fingerprint density at radius 3 is 1.08 bits per heavy atom. The van der Waals surface area contributed by atoms with Gasteiger partial charge < -0.3 is 20.3 Å². The van der Waals surface area contributed by atoms with Crippen LogP contribution < -0.4 is 5.32 Å². The Bertz CT molecular complexity index is 1070. The molecule has 0 aliphatic rings. The van der Waals surface area contributed by atoms with Gasteiger partial charge in [-0.3, -0.25) is 9.59 Å². The fraction of sp³-hybridized carbons (Fsp3) is 0.867. The molecule has 66 heavy (non-hydrogen) atoms. The minimum absolute atomic E-state index is 0.0191. The van der Waals surface area contributed by atoms with Crippen molar-refractivity contribution in [1.82, 2.24) is 5.32 Å². The van der Waals surface area contributed by atoms with Gasteiger partial charge in [-0.15, -0.1) is 0 Å². The zero-order valence-corrected chi connectivity index (χ0v) is 44.2. The van der Waals surface area contributed by atoms with E-state index < -0.39 is 12.1 Å². The minimum Gasteiger partial charge on any atom is -0.466 e. The van der Waals surface area contributed by atoms with Crippen LogP contribution in [-0.2, 0) is 14.3 Å². The maximum absolute atomic E-state index is 12.5. The second kappa shape index (κ2) is 55.7. The Hall–Kier alpha value is -1.92. The molecule has 0 radical (unpaired) electrons. The van der Waals surface area contributed by atoms with Crippen LogP contribution in [0.1, 0.15) is 309 Å². The minimum atomic E-state index is -0.855. The van der Waals surface area contributed by atoms with Crippen LogP contribution in [0, 0.1) is 0 Å². The molecule has 0 fully saturated rings. The highest BCUT2D eigenvalue weighted by Gasteiger charge is 2.18. The predicted octanol–water partition coefficient (Wildman–Crippen LogP) is 18.0. The van der Waals surface area contributed by atoms with E-state index in [1.165, 1.54) is 212 Å². The van der Waals surface area contributed by atoms with Crippen molar-refractivity contribution >= 4 is 11.9 Å². The number of hydrogen-bond donors (Lipinski definition) is 3. The van der Waals surface area contributed by atoms with Gasteiger partial charge in [-0.25, -0.2) is 0 Å². The van der Waals surface area contributed by atoms with Gasteiger partial charge in [0, 0.05) is 12.8 Å². The first-order valence-electron chi connectivity index (χ1n) is 29.3. The van der Waals surface area contributed by atoms with Gasteiger partial charge in [0.05, 0.1) is 25.4 Å². The molecule has 1 amide bonds. The lowest BCUT2D eigenvalue weighted by Crippen LogP contribution is -2.45. The van der Waals surface area contributed by atoms with E-state index in [-0.39, 0.29) is 18.5 Å². The first kappa shape index (κ1) is 64.1. The second-order valence-corrected chi connectivity index (χ2v) is 20.0. The molecule has 0 saturated heterocycles. The molecule has 6 heteroatoms. The molecule has 0 aromatic carbocycles. The summed E-state index contributed by atoms with van der Waals surface area (Å²) in [5.74, 6) is -0.101. The van der Waals surface area contributed by atoms with Crippen molar-refractivity contribution < 1.29 is 24.5 Å². The Morgan fingerprint density at radius 1 is 0.409 bits per heavy atom. The molecule has 0 spiro atoms. The molecular formula is C60H113NO5. The monoisotopic (exact) mass is 928 g/mol. The number of aliphatic hydroxyl groups excluding tert-OH is 2. The number of rotatable bonds is 54. The first-order valence-corrected chi connectivity index (χ1v) is 29.3. The Morgan fingerprint density at radius 2 is 0.712 bits per heavy atom. The largest absolute Gasteiger partial charge is 0.466 e. The van der Waals surface area contributed by atoms with E-state index in [2.05, 4.69) is 43.5 Å². The van der Waals surface area contributed by atoms with Crippen LogP contribution in [0.3, 0.4) is 0 Å². The molecule has 0 aromatic rings. The average molecular weight is 929 g/mol. The van der Waals surface area contributed by atoms with Crippen LogP contribution in [0.5, 0.6) is 0 Å². The third-order valence-corrected chi connectivity index (χ3v) is 13.4. The summed E-state index contributed by atoms with van der Waals surface area (Å²) in [5.41, 5.74) is 0. The molecule has 6 nitrogen and oxygen atoms in total. The van der Waals surface area contributed by atoms with Gasteiger partial charge in [0.2, 0.25) is 5.91 Å². The predicted molar refractivity (Wildman–Crippen MR) is 287 cm³/mol. The normalized spacial score (nSPS) is 12.8. The molecule has 0 aliphatic heterocycles. The third-order valence-electron chi connectivity index (χ3n) is 13.4. The molecule has 0 bridgehead atoms. The molecular weight excluding hydrogens is 815 g/mol. The highest BCUT2D eigenvalue weighted by Crippen LogP contribution is 2.16. The highest BCUT2D eigenvalue weighted by atomic mass is 16.5. The molecule has 0 saturated carbocycles. The number of allylic oxidation sites excluding steroid dienone is 5. The molecule has 2 atom stereocenters. The van der Waals surface area contributed by atoms with Crippen molar-refractivity contribution in [1.29, 1.82) is 0 Å². The first-order chi connectivity index (χ1) is 32.5. The summed E-state index contributed by atoms with van der Waals surface area (Å²) < 4.78 is 5.46. The summed E-state index contributed by atoms with van der Waals surface area (Å²) >= 11 is 0. The number of aliphatic hydroxyl groups is 2. The summed E-state index contributed by atoms with van der Waals surface area (Å²) in [6.45, 7) is 4.87. The molecule has 0 heterocycles. The molecule has 2 unspecified atom stereocenters. The number of nitrogens with one attached hydrogen (secondary N) is 1. The number of hydrogen-bond acceptors (Lipinski definition) is 5. The van der Waals surface area contributed by atoms with Crippen LogP contribution in [-0.4, -0.2) is 47.4 Å². The number of esters is 1. The van der Waals surface area contributed by atoms with Crippen molar-refractivity contribution in [3.8, 4) is 0 Å². The maximum atomic E-state index is 12.5. The van der Waals surface area contributed by atoms with Crippen molar-refractivity contribution in [2.75, 3.05) is 13.2 Å². The molecule has 0 aliphatic carbocycles. The summed E-state index contributed by atoms with van der Waals surface area (Å²) in [4.78, 5) is 24.5. The van der Waals surface area contributed by atoms with Crippen molar-refractivity contribution in [2.45, 2.75) is 321 Å². The van der Waals surface area contributed by atoms with Gasteiger partial charge in [0.15, 0.2) is 0 Å². The summed E-state index contributed by atoms with van der Waals surface area (Å²) in [5, 5.41) is 23.1. The van der Waals surface area contributed by atoms with Gasteiger partial charge in [-0.1, -0.05) is 249 Å². The van der Waals surface area contributed by atoms with E-state index in [1.54, 1.807) is 6.08 Å². The van der Waals surface area contributed by atoms with Gasteiger partial charge in [0.1, 0.15) is 0 Å². The summed E-state index contributed by atoms with van der Waals surface area (Å²) in [6.07, 6.45) is 68.8. The number of amides is 1. The van der Waals surface area contributed by atoms with Crippen LogP contribution in [0.2, 0.25) is 0 Å². The van der Waals surface area contributed by atoms with Gasteiger partial charge >= 0.3 is 5.97 Å². The zero-order valence-electron chi connectivity index (χ0n) is 44.2. The van der Waals surface area contributed by atoms with Crippen molar-refractivity contribution in [2.24, 2.45) is 0 Å². The molecule has 0 rings (SSSR count). The Labute approximate surface area is 411 Å². The lowest BCUT2D eigenvalue weighted by molar-refractivity contribution is -0.143. The van der Waals surface area contributed by atoms with E-state index in [4.69, 9.17) is 4.74 Å². The average Bonchev–Trinajstić information content (AvgIpc) is 3.32. The van der Waals surface area contributed by atoms with E-state index in [0.717, 1.165) is 70.6 Å². The van der Waals surface area contributed by atoms with Crippen LogP contribution in [0.4, 0.5) is 0 Å². The van der Waals surface area contributed by atoms with E-state index in [0.29, 0.717) is 19.4 Å². The number of ether oxygens (including phenoxy) is 1. The van der Waals surface area contributed by atoms with Crippen molar-refractivity contribution in [3.63, 3.8) is 0 Å².